The van der Waals surface area contributed by atoms with Gasteiger partial charge in [0, 0.05) is 6.54 Å². The van der Waals surface area contributed by atoms with E-state index in [2.05, 4.69) is 36.1 Å². The summed E-state index contributed by atoms with van der Waals surface area (Å²) in [6.45, 7) is 9.26. The smallest absolute Gasteiger partial charge is 0.217 e. The Hall–Kier alpha value is -0.830. The molecule has 0 N–H and O–H groups in total. The average Bonchev–Trinajstić information content (AvgIpc) is 3.10. The molecule has 2 aliphatic rings. The first kappa shape index (κ1) is 16.0. The Kier molecular flexibility index (Phi) is 4.63. The molecule has 1 atom stereocenters. The van der Waals surface area contributed by atoms with Crippen LogP contribution in [0.25, 0.3) is 0 Å². The number of rotatable bonds is 3. The lowest BCUT2D eigenvalue weighted by Crippen LogP contribution is -2.48. The maximum atomic E-state index is 5.71. The summed E-state index contributed by atoms with van der Waals surface area (Å²) in [5.74, 6) is 0. The maximum absolute atomic E-state index is 5.71. The van der Waals surface area contributed by atoms with Crippen molar-refractivity contribution in [3.05, 3.63) is 4.77 Å². The van der Waals surface area contributed by atoms with E-state index in [9.17, 15) is 0 Å². The monoisotopic (exact) mass is 327 g/mol. The molecule has 1 aromatic rings. The fourth-order valence-corrected chi connectivity index (χ4v) is 3.46. The fourth-order valence-electron chi connectivity index (χ4n) is 3.06. The van der Waals surface area contributed by atoms with E-state index in [1.54, 1.807) is 9.36 Å². The second-order valence-electron chi connectivity index (χ2n) is 6.97. The molecule has 8 heteroatoms. The zero-order chi connectivity index (χ0) is 15.7. The Morgan fingerprint density at radius 1 is 1.18 bits per heavy atom. The third kappa shape index (κ3) is 3.24. The van der Waals surface area contributed by atoms with Crippen LogP contribution >= 0.6 is 12.2 Å². The van der Waals surface area contributed by atoms with Gasteiger partial charge in [-0.3, -0.25) is 4.90 Å². The van der Waals surface area contributed by atoms with Crippen molar-refractivity contribution in [1.82, 2.24) is 24.7 Å². The number of likely N-dealkylation sites (tertiary alicyclic amines) is 1. The Labute approximate surface area is 136 Å². The molecule has 0 saturated carbocycles. The van der Waals surface area contributed by atoms with Crippen LogP contribution in [-0.2, 0) is 21.7 Å². The molecule has 0 radical (unpaired) electrons. The van der Waals surface area contributed by atoms with E-state index in [1.807, 2.05) is 0 Å². The Bertz CT molecular complexity index is 558. The van der Waals surface area contributed by atoms with Crippen LogP contribution in [0.15, 0.2) is 0 Å². The van der Waals surface area contributed by atoms with Gasteiger partial charge in [0.25, 0.3) is 0 Å². The average molecular weight is 327 g/mol. The van der Waals surface area contributed by atoms with Crippen molar-refractivity contribution in [3.8, 4) is 0 Å². The molecular formula is C14H25N5O2S. The summed E-state index contributed by atoms with van der Waals surface area (Å²) in [6, 6.07) is 0.276. The molecule has 0 aliphatic carbocycles. The number of aromatic nitrogens is 4. The predicted molar refractivity (Wildman–Crippen MR) is 83.9 cm³/mol. The number of tetrazole rings is 1. The molecule has 0 amide bonds. The first-order valence-electron chi connectivity index (χ1n) is 7.97. The summed E-state index contributed by atoms with van der Waals surface area (Å²) in [7, 11) is 0. The van der Waals surface area contributed by atoms with E-state index in [0.29, 0.717) is 24.7 Å². The van der Waals surface area contributed by atoms with E-state index < -0.39 is 0 Å². The lowest BCUT2D eigenvalue weighted by Gasteiger charge is -2.37. The third-order valence-corrected chi connectivity index (χ3v) is 4.60. The molecule has 0 bridgehead atoms. The molecule has 0 spiro atoms. The van der Waals surface area contributed by atoms with Crippen molar-refractivity contribution in [2.45, 2.75) is 64.6 Å². The second-order valence-corrected chi connectivity index (χ2v) is 7.34. The Morgan fingerprint density at radius 3 is 2.55 bits per heavy atom. The van der Waals surface area contributed by atoms with Crippen molar-refractivity contribution in [3.63, 3.8) is 0 Å². The molecular weight excluding hydrogens is 302 g/mol. The maximum Gasteiger partial charge on any atom is 0.217 e. The highest BCUT2D eigenvalue weighted by molar-refractivity contribution is 7.71. The summed E-state index contributed by atoms with van der Waals surface area (Å²) in [5, 5.41) is 8.45. The molecule has 1 aromatic heterocycles. The van der Waals surface area contributed by atoms with Gasteiger partial charge in [0.2, 0.25) is 4.77 Å². The number of piperidine rings is 1. The highest BCUT2D eigenvalue weighted by atomic mass is 32.1. The molecule has 0 unspecified atom stereocenters. The van der Waals surface area contributed by atoms with Gasteiger partial charge in [0.05, 0.1) is 31.5 Å². The van der Waals surface area contributed by atoms with Gasteiger partial charge < -0.3 is 9.47 Å². The summed E-state index contributed by atoms with van der Waals surface area (Å²) in [5.41, 5.74) is -0.158. The molecule has 22 heavy (non-hydrogen) atoms. The van der Waals surface area contributed by atoms with E-state index in [1.165, 1.54) is 12.8 Å². The largest absolute Gasteiger partial charge is 0.349 e. The minimum atomic E-state index is -0.158. The zero-order valence-electron chi connectivity index (χ0n) is 13.6. The summed E-state index contributed by atoms with van der Waals surface area (Å²) >= 11 is 5.53. The quantitative estimate of drug-likeness (QED) is 0.789. The predicted octanol–water partition coefficient (Wildman–Crippen LogP) is 1.75. The number of ether oxygens (including phenoxy) is 2. The first-order valence-corrected chi connectivity index (χ1v) is 8.38. The number of hydrogen-bond donors (Lipinski definition) is 0. The molecule has 2 fully saturated rings. The van der Waals surface area contributed by atoms with Gasteiger partial charge in [-0.05, 0) is 56.3 Å². The summed E-state index contributed by atoms with van der Waals surface area (Å²) in [4.78, 5) is 2.36. The molecule has 7 nitrogen and oxygen atoms in total. The van der Waals surface area contributed by atoms with Gasteiger partial charge in [-0.15, -0.1) is 0 Å². The minimum absolute atomic E-state index is 0.118. The zero-order valence-corrected chi connectivity index (χ0v) is 14.4. The van der Waals surface area contributed by atoms with Gasteiger partial charge in [0.1, 0.15) is 0 Å². The first-order chi connectivity index (χ1) is 10.5. The van der Waals surface area contributed by atoms with Crippen molar-refractivity contribution >= 4 is 12.2 Å². The molecule has 3 rings (SSSR count). The van der Waals surface area contributed by atoms with Crippen molar-refractivity contribution in [2.75, 3.05) is 19.8 Å². The standard InChI is InChI=1S/C14H25N5O2S/c1-14(2,3)19-13(22)18(15-16-19)10-17-7-5-4-6-11(17)12-20-8-9-21-12/h11-12H,4-10H2,1-3H3/t11-/m0/s1. The Balaban J connectivity index is 1.76. The van der Waals surface area contributed by atoms with E-state index in [4.69, 9.17) is 21.7 Å². The number of hydrogen-bond acceptors (Lipinski definition) is 6. The lowest BCUT2D eigenvalue weighted by molar-refractivity contribution is -0.116. The van der Waals surface area contributed by atoms with Crippen LogP contribution in [0.3, 0.4) is 0 Å². The minimum Gasteiger partial charge on any atom is -0.349 e. The Morgan fingerprint density at radius 2 is 1.91 bits per heavy atom. The highest BCUT2D eigenvalue weighted by Crippen LogP contribution is 2.25. The third-order valence-electron chi connectivity index (χ3n) is 4.22. The molecule has 2 saturated heterocycles. The van der Waals surface area contributed by atoms with Crippen LogP contribution in [0, 0.1) is 4.77 Å². The summed E-state index contributed by atoms with van der Waals surface area (Å²) < 4.78 is 15.7. The van der Waals surface area contributed by atoms with Gasteiger partial charge in [-0.25, -0.2) is 9.36 Å². The highest BCUT2D eigenvalue weighted by Gasteiger charge is 2.34. The summed E-state index contributed by atoms with van der Waals surface area (Å²) in [6.07, 6.45) is 3.37. The van der Waals surface area contributed by atoms with Crippen molar-refractivity contribution < 1.29 is 9.47 Å². The van der Waals surface area contributed by atoms with E-state index >= 15 is 0 Å². The van der Waals surface area contributed by atoms with Gasteiger partial charge in [-0.1, -0.05) is 6.42 Å². The SMILES string of the molecule is CC(C)(C)n1nnn(CN2CCCC[C@H]2C2OCCO2)c1=S. The van der Waals surface area contributed by atoms with Crippen LogP contribution < -0.4 is 0 Å². The normalized spacial score (nSPS) is 25.0. The van der Waals surface area contributed by atoms with Crippen LogP contribution in [0.2, 0.25) is 0 Å². The molecule has 0 aromatic carbocycles. The molecule has 3 heterocycles. The van der Waals surface area contributed by atoms with Crippen LogP contribution in [-0.4, -0.2) is 56.8 Å². The van der Waals surface area contributed by atoms with Crippen LogP contribution in [0.1, 0.15) is 40.0 Å². The fraction of sp³-hybridized carbons (Fsp3) is 0.929. The molecule has 124 valence electrons. The number of nitrogens with zero attached hydrogens (tertiary/aromatic N) is 5. The van der Waals surface area contributed by atoms with Gasteiger partial charge >= 0.3 is 0 Å². The van der Waals surface area contributed by atoms with Crippen molar-refractivity contribution in [2.24, 2.45) is 0 Å². The topological polar surface area (TPSA) is 57.3 Å². The van der Waals surface area contributed by atoms with E-state index in [-0.39, 0.29) is 17.9 Å². The van der Waals surface area contributed by atoms with Gasteiger partial charge in [0.15, 0.2) is 6.29 Å². The van der Waals surface area contributed by atoms with Crippen LogP contribution in [0.5, 0.6) is 0 Å². The van der Waals surface area contributed by atoms with E-state index in [0.717, 1.165) is 13.0 Å². The van der Waals surface area contributed by atoms with Crippen LogP contribution in [0.4, 0.5) is 0 Å². The van der Waals surface area contributed by atoms with Crippen molar-refractivity contribution in [1.29, 1.82) is 0 Å². The lowest BCUT2D eigenvalue weighted by atomic mass is 10.0. The second kappa shape index (κ2) is 6.35. The van der Waals surface area contributed by atoms with Gasteiger partial charge in [-0.2, -0.15) is 0 Å². The molecule has 2 aliphatic heterocycles.